The van der Waals surface area contributed by atoms with E-state index in [-0.39, 0.29) is 5.92 Å². The van der Waals surface area contributed by atoms with Gasteiger partial charge in [0, 0.05) is 20.2 Å². The van der Waals surface area contributed by atoms with Gasteiger partial charge in [0.05, 0.1) is 6.61 Å². The van der Waals surface area contributed by atoms with Gasteiger partial charge in [-0.25, -0.2) is 5.84 Å². The average Bonchev–Trinajstić information content (AvgIpc) is 2.21. The number of hydrazine groups is 1. The van der Waals surface area contributed by atoms with Crippen molar-refractivity contribution in [2.45, 2.75) is 13.8 Å². The molecule has 2 amide bonds. The first-order chi connectivity index (χ1) is 7.02. The van der Waals surface area contributed by atoms with E-state index in [1.807, 2.05) is 19.3 Å². The van der Waals surface area contributed by atoms with Crippen molar-refractivity contribution >= 4 is 11.8 Å². The standard InChI is InChI=1S/C9H19N3O3/c1-7(2)6-12(4-5-15-3)9(14)8(13)11-10/h7H,4-6,10H2,1-3H3,(H,11,13). The van der Waals surface area contributed by atoms with Gasteiger partial charge in [-0.1, -0.05) is 13.8 Å². The summed E-state index contributed by atoms with van der Waals surface area (Å²) in [4.78, 5) is 24.0. The summed E-state index contributed by atoms with van der Waals surface area (Å²) in [6.07, 6.45) is 0. The number of nitrogens with zero attached hydrogens (tertiary/aromatic N) is 1. The first-order valence-corrected chi connectivity index (χ1v) is 4.81. The summed E-state index contributed by atoms with van der Waals surface area (Å²) in [6, 6.07) is 0. The predicted molar refractivity (Wildman–Crippen MR) is 55.6 cm³/mol. The van der Waals surface area contributed by atoms with Crippen LogP contribution in [0.2, 0.25) is 0 Å². The van der Waals surface area contributed by atoms with Crippen LogP contribution in [0.15, 0.2) is 0 Å². The number of hydrogen-bond donors (Lipinski definition) is 2. The van der Waals surface area contributed by atoms with Crippen LogP contribution in [0.5, 0.6) is 0 Å². The maximum atomic E-state index is 11.5. The quantitative estimate of drug-likeness (QED) is 0.271. The summed E-state index contributed by atoms with van der Waals surface area (Å²) in [7, 11) is 1.54. The molecule has 0 saturated heterocycles. The molecule has 88 valence electrons. The summed E-state index contributed by atoms with van der Waals surface area (Å²) < 4.78 is 4.86. The number of carbonyl (C=O) groups excluding carboxylic acids is 2. The monoisotopic (exact) mass is 217 g/mol. The Morgan fingerprint density at radius 3 is 2.47 bits per heavy atom. The molecule has 0 saturated carbocycles. The van der Waals surface area contributed by atoms with Gasteiger partial charge in [0.1, 0.15) is 0 Å². The second-order valence-corrected chi connectivity index (χ2v) is 3.61. The Morgan fingerprint density at radius 1 is 1.47 bits per heavy atom. The highest BCUT2D eigenvalue weighted by Gasteiger charge is 2.21. The van der Waals surface area contributed by atoms with E-state index >= 15 is 0 Å². The zero-order chi connectivity index (χ0) is 11.8. The highest BCUT2D eigenvalue weighted by atomic mass is 16.5. The van der Waals surface area contributed by atoms with Crippen LogP contribution in [0.25, 0.3) is 0 Å². The van der Waals surface area contributed by atoms with Gasteiger partial charge < -0.3 is 9.64 Å². The van der Waals surface area contributed by atoms with Crippen molar-refractivity contribution in [3.8, 4) is 0 Å². The molecule has 0 fully saturated rings. The van der Waals surface area contributed by atoms with E-state index in [4.69, 9.17) is 10.6 Å². The largest absolute Gasteiger partial charge is 0.383 e. The number of carbonyl (C=O) groups is 2. The summed E-state index contributed by atoms with van der Waals surface area (Å²) in [5, 5.41) is 0. The van der Waals surface area contributed by atoms with E-state index in [0.717, 1.165) is 0 Å². The fraction of sp³-hybridized carbons (Fsp3) is 0.778. The van der Waals surface area contributed by atoms with Gasteiger partial charge in [0.25, 0.3) is 0 Å². The number of ether oxygens (including phenoxy) is 1. The first kappa shape index (κ1) is 13.9. The molecule has 6 heteroatoms. The number of methoxy groups -OCH3 is 1. The Balaban J connectivity index is 4.33. The molecule has 0 aliphatic carbocycles. The van der Waals surface area contributed by atoms with Crippen LogP contribution < -0.4 is 11.3 Å². The Bertz CT molecular complexity index is 219. The highest BCUT2D eigenvalue weighted by molar-refractivity contribution is 6.34. The average molecular weight is 217 g/mol. The van der Waals surface area contributed by atoms with Gasteiger partial charge in [-0.2, -0.15) is 0 Å². The van der Waals surface area contributed by atoms with Crippen molar-refractivity contribution in [2.24, 2.45) is 11.8 Å². The molecule has 0 radical (unpaired) electrons. The molecule has 0 heterocycles. The Morgan fingerprint density at radius 2 is 2.07 bits per heavy atom. The number of amides is 2. The third-order valence-corrected chi connectivity index (χ3v) is 1.76. The lowest BCUT2D eigenvalue weighted by Crippen LogP contribution is -2.47. The van der Waals surface area contributed by atoms with E-state index in [0.29, 0.717) is 19.7 Å². The Labute approximate surface area is 89.7 Å². The van der Waals surface area contributed by atoms with Gasteiger partial charge in [0.2, 0.25) is 0 Å². The van der Waals surface area contributed by atoms with Crippen LogP contribution in [-0.2, 0) is 14.3 Å². The minimum Gasteiger partial charge on any atom is -0.383 e. The molecule has 0 spiro atoms. The van der Waals surface area contributed by atoms with Crippen molar-refractivity contribution in [3.63, 3.8) is 0 Å². The summed E-state index contributed by atoms with van der Waals surface area (Å²) in [6.45, 7) is 5.23. The number of rotatable bonds is 5. The topological polar surface area (TPSA) is 84.7 Å². The molecule has 0 aliphatic rings. The molecule has 0 atom stereocenters. The van der Waals surface area contributed by atoms with E-state index in [9.17, 15) is 9.59 Å². The number of hydrogen-bond acceptors (Lipinski definition) is 4. The molecular weight excluding hydrogens is 198 g/mol. The number of nitrogens with one attached hydrogen (secondary N) is 1. The summed E-state index contributed by atoms with van der Waals surface area (Å²) >= 11 is 0. The normalized spacial score (nSPS) is 10.2. The Kier molecular flexibility index (Phi) is 6.64. The summed E-state index contributed by atoms with van der Waals surface area (Å²) in [5.41, 5.74) is 1.82. The third-order valence-electron chi connectivity index (χ3n) is 1.76. The van der Waals surface area contributed by atoms with Gasteiger partial charge in [-0.15, -0.1) is 0 Å². The van der Waals surface area contributed by atoms with Crippen LogP contribution in [0, 0.1) is 5.92 Å². The lowest BCUT2D eigenvalue weighted by Gasteiger charge is -2.23. The SMILES string of the molecule is COCCN(CC(C)C)C(=O)C(=O)NN. The maximum absolute atomic E-state index is 11.5. The van der Waals surface area contributed by atoms with E-state index in [1.165, 1.54) is 4.90 Å². The molecule has 3 N–H and O–H groups in total. The van der Waals surface area contributed by atoms with E-state index < -0.39 is 11.8 Å². The summed E-state index contributed by atoms with van der Waals surface area (Å²) in [5.74, 6) is 3.76. The molecule has 0 aromatic rings. The van der Waals surface area contributed by atoms with Crippen molar-refractivity contribution in [1.29, 1.82) is 0 Å². The molecule has 6 nitrogen and oxygen atoms in total. The molecule has 0 unspecified atom stereocenters. The molecule has 0 aromatic carbocycles. The minimum atomic E-state index is -0.799. The van der Waals surface area contributed by atoms with Crippen molar-refractivity contribution in [1.82, 2.24) is 10.3 Å². The lowest BCUT2D eigenvalue weighted by atomic mass is 10.2. The van der Waals surface area contributed by atoms with Crippen LogP contribution in [0.1, 0.15) is 13.8 Å². The molecule has 0 aliphatic heterocycles. The van der Waals surface area contributed by atoms with Crippen molar-refractivity contribution in [3.05, 3.63) is 0 Å². The predicted octanol–water partition coefficient (Wildman–Crippen LogP) is -0.893. The fourth-order valence-corrected chi connectivity index (χ4v) is 1.12. The smallest absolute Gasteiger partial charge is 0.323 e. The highest BCUT2D eigenvalue weighted by Crippen LogP contribution is 1.99. The lowest BCUT2D eigenvalue weighted by molar-refractivity contribution is -0.146. The van der Waals surface area contributed by atoms with Gasteiger partial charge in [-0.3, -0.25) is 15.0 Å². The van der Waals surface area contributed by atoms with Crippen LogP contribution in [0.3, 0.4) is 0 Å². The second-order valence-electron chi connectivity index (χ2n) is 3.61. The zero-order valence-electron chi connectivity index (χ0n) is 9.45. The van der Waals surface area contributed by atoms with Crippen LogP contribution in [0.4, 0.5) is 0 Å². The molecule has 15 heavy (non-hydrogen) atoms. The van der Waals surface area contributed by atoms with Crippen molar-refractivity contribution < 1.29 is 14.3 Å². The first-order valence-electron chi connectivity index (χ1n) is 4.81. The van der Waals surface area contributed by atoms with Gasteiger partial charge >= 0.3 is 11.8 Å². The molecule has 0 aromatic heterocycles. The molecular formula is C9H19N3O3. The van der Waals surface area contributed by atoms with Crippen molar-refractivity contribution in [2.75, 3.05) is 26.8 Å². The third kappa shape index (κ3) is 5.34. The van der Waals surface area contributed by atoms with E-state index in [1.54, 1.807) is 7.11 Å². The minimum absolute atomic E-state index is 0.288. The fourth-order valence-electron chi connectivity index (χ4n) is 1.12. The molecule has 0 bridgehead atoms. The van der Waals surface area contributed by atoms with E-state index in [2.05, 4.69) is 0 Å². The van der Waals surface area contributed by atoms with Gasteiger partial charge in [-0.05, 0) is 5.92 Å². The van der Waals surface area contributed by atoms with Crippen LogP contribution >= 0.6 is 0 Å². The van der Waals surface area contributed by atoms with Gasteiger partial charge in [0.15, 0.2) is 0 Å². The Hall–Kier alpha value is -1.14. The molecule has 0 rings (SSSR count). The second kappa shape index (κ2) is 7.19. The maximum Gasteiger partial charge on any atom is 0.323 e. The van der Waals surface area contributed by atoms with Crippen LogP contribution in [-0.4, -0.2) is 43.5 Å². The zero-order valence-corrected chi connectivity index (χ0v) is 9.45. The number of nitrogens with two attached hydrogens (primary N) is 1.